The van der Waals surface area contributed by atoms with Gasteiger partial charge in [0.15, 0.2) is 5.82 Å². The summed E-state index contributed by atoms with van der Waals surface area (Å²) >= 11 is 12.0. The van der Waals surface area contributed by atoms with Crippen LogP contribution in [0, 0.1) is 17.6 Å². The lowest BCUT2D eigenvalue weighted by molar-refractivity contribution is 0.138. The van der Waals surface area contributed by atoms with Gasteiger partial charge in [0.2, 0.25) is 4.77 Å². The van der Waals surface area contributed by atoms with Gasteiger partial charge >= 0.3 is 0 Å². The molecule has 2 heterocycles. The highest BCUT2D eigenvalue weighted by atomic mass is 35.5. The van der Waals surface area contributed by atoms with E-state index in [2.05, 4.69) is 35.4 Å². The summed E-state index contributed by atoms with van der Waals surface area (Å²) in [5.41, 5.74) is 3.24. The van der Waals surface area contributed by atoms with Crippen LogP contribution < -0.4 is 0 Å². The van der Waals surface area contributed by atoms with Crippen LogP contribution in [-0.4, -0.2) is 32.3 Å². The molecule has 4 nitrogen and oxygen atoms in total. The Bertz CT molecular complexity index is 1020. The van der Waals surface area contributed by atoms with Crippen molar-refractivity contribution in [2.45, 2.75) is 33.4 Å². The molecule has 1 unspecified atom stereocenters. The maximum absolute atomic E-state index is 6.10. The smallest absolute Gasteiger partial charge is 0.204 e. The minimum Gasteiger partial charge on any atom is -0.284 e. The highest BCUT2D eigenvalue weighted by Crippen LogP contribution is 2.26. The third kappa shape index (κ3) is 3.93. The molecule has 0 bridgehead atoms. The molecule has 1 aromatic heterocycles. The van der Waals surface area contributed by atoms with E-state index in [0.29, 0.717) is 5.02 Å². The summed E-state index contributed by atoms with van der Waals surface area (Å²) in [6, 6.07) is 16.1. The van der Waals surface area contributed by atoms with Crippen LogP contribution in [0.25, 0.3) is 17.1 Å². The molecule has 6 heteroatoms. The number of benzene rings is 2. The fraction of sp³-hybridized carbons (Fsp3) is 0.364. The first-order valence-electron chi connectivity index (χ1n) is 9.77. The van der Waals surface area contributed by atoms with Crippen molar-refractivity contribution in [3.63, 3.8) is 0 Å². The van der Waals surface area contributed by atoms with Gasteiger partial charge in [-0.05, 0) is 80.3 Å². The molecule has 0 radical (unpaired) electrons. The lowest BCUT2D eigenvalue weighted by atomic mass is 10.0. The van der Waals surface area contributed by atoms with E-state index in [1.807, 2.05) is 41.1 Å². The van der Waals surface area contributed by atoms with Crippen molar-refractivity contribution in [2.75, 3.05) is 13.1 Å². The minimum atomic E-state index is 0.714. The van der Waals surface area contributed by atoms with Crippen molar-refractivity contribution in [1.29, 1.82) is 0 Å². The SMILES string of the molecule is Cc1ccccc1-n1c(-c2ccc(Cl)cc2)nn(CN2CCCC(C)C2)c1=S. The normalized spacial score (nSPS) is 17.8. The molecule has 0 N–H and O–H groups in total. The standard InChI is InChI=1S/C22H25ClN4S/c1-16-6-5-13-25(14-16)15-26-22(28)27(20-8-4-3-7-17(20)2)21(24-26)18-9-11-19(23)12-10-18/h3-4,7-12,16H,5-6,13-15H2,1-2H3. The van der Waals surface area contributed by atoms with Gasteiger partial charge in [0.25, 0.3) is 0 Å². The molecule has 0 spiro atoms. The van der Waals surface area contributed by atoms with Crippen LogP contribution in [0.5, 0.6) is 0 Å². The largest absolute Gasteiger partial charge is 0.284 e. The summed E-state index contributed by atoms with van der Waals surface area (Å²) in [7, 11) is 0. The Morgan fingerprint density at radius 1 is 1.14 bits per heavy atom. The number of aryl methyl sites for hydroxylation is 1. The van der Waals surface area contributed by atoms with Crippen LogP contribution in [-0.2, 0) is 6.67 Å². The molecular formula is C22H25ClN4S. The van der Waals surface area contributed by atoms with Gasteiger partial charge in [-0.2, -0.15) is 0 Å². The molecule has 1 atom stereocenters. The number of likely N-dealkylation sites (tertiary alicyclic amines) is 1. The topological polar surface area (TPSA) is 26.0 Å². The Labute approximate surface area is 176 Å². The molecule has 3 aromatic rings. The van der Waals surface area contributed by atoms with Crippen LogP contribution in [0.2, 0.25) is 5.02 Å². The van der Waals surface area contributed by atoms with Gasteiger partial charge in [0.05, 0.1) is 12.4 Å². The van der Waals surface area contributed by atoms with Crippen molar-refractivity contribution >= 4 is 23.8 Å². The highest BCUT2D eigenvalue weighted by Gasteiger charge is 2.20. The van der Waals surface area contributed by atoms with E-state index in [0.717, 1.165) is 47.5 Å². The zero-order chi connectivity index (χ0) is 19.7. The zero-order valence-corrected chi connectivity index (χ0v) is 17.9. The molecule has 1 saturated heterocycles. The van der Waals surface area contributed by atoms with E-state index < -0.39 is 0 Å². The third-order valence-corrected chi connectivity index (χ3v) is 6.02. The van der Waals surface area contributed by atoms with Gasteiger partial charge in [0, 0.05) is 17.1 Å². The third-order valence-electron chi connectivity index (χ3n) is 5.37. The van der Waals surface area contributed by atoms with Gasteiger partial charge in [0.1, 0.15) is 0 Å². The number of hydrogen-bond acceptors (Lipinski definition) is 3. The molecule has 0 aliphatic carbocycles. The Morgan fingerprint density at radius 3 is 2.61 bits per heavy atom. The number of aromatic nitrogens is 3. The predicted octanol–water partition coefficient (Wildman–Crippen LogP) is 5.72. The van der Waals surface area contributed by atoms with E-state index in [1.165, 1.54) is 18.4 Å². The van der Waals surface area contributed by atoms with Crippen molar-refractivity contribution in [2.24, 2.45) is 5.92 Å². The quantitative estimate of drug-likeness (QED) is 0.512. The maximum Gasteiger partial charge on any atom is 0.204 e. The number of piperidine rings is 1. The molecular weight excluding hydrogens is 388 g/mol. The summed E-state index contributed by atoms with van der Waals surface area (Å²) in [6.07, 6.45) is 2.53. The predicted molar refractivity (Wildman–Crippen MR) is 118 cm³/mol. The van der Waals surface area contributed by atoms with Crippen LogP contribution in [0.15, 0.2) is 48.5 Å². The summed E-state index contributed by atoms with van der Waals surface area (Å²) < 4.78 is 4.77. The molecule has 2 aromatic carbocycles. The lowest BCUT2D eigenvalue weighted by Crippen LogP contribution is -2.36. The van der Waals surface area contributed by atoms with Crippen molar-refractivity contribution in [3.05, 3.63) is 63.9 Å². The van der Waals surface area contributed by atoms with Gasteiger partial charge in [-0.3, -0.25) is 9.47 Å². The average Bonchev–Trinajstić information content (AvgIpc) is 2.99. The number of hydrogen-bond donors (Lipinski definition) is 0. The Balaban J connectivity index is 1.81. The second-order valence-electron chi connectivity index (χ2n) is 7.70. The molecule has 146 valence electrons. The zero-order valence-electron chi connectivity index (χ0n) is 16.3. The first-order chi connectivity index (χ1) is 13.5. The first-order valence-corrected chi connectivity index (χ1v) is 10.6. The van der Waals surface area contributed by atoms with Crippen LogP contribution in [0.3, 0.4) is 0 Å². The van der Waals surface area contributed by atoms with Crippen LogP contribution in [0.1, 0.15) is 25.3 Å². The Kier molecular flexibility index (Phi) is 5.67. The lowest BCUT2D eigenvalue weighted by Gasteiger charge is -2.30. The number of rotatable bonds is 4. The van der Waals surface area contributed by atoms with Crippen molar-refractivity contribution in [3.8, 4) is 17.1 Å². The second-order valence-corrected chi connectivity index (χ2v) is 8.50. The fourth-order valence-electron chi connectivity index (χ4n) is 3.92. The highest BCUT2D eigenvalue weighted by molar-refractivity contribution is 7.71. The van der Waals surface area contributed by atoms with Gasteiger partial charge in [-0.15, -0.1) is 5.10 Å². The van der Waals surface area contributed by atoms with Crippen molar-refractivity contribution < 1.29 is 0 Å². The summed E-state index contributed by atoms with van der Waals surface area (Å²) in [5, 5.41) is 5.65. The molecule has 1 aliphatic heterocycles. The first kappa shape index (κ1) is 19.4. The molecule has 28 heavy (non-hydrogen) atoms. The summed E-state index contributed by atoms with van der Waals surface area (Å²) in [6.45, 7) is 7.33. The van der Waals surface area contributed by atoms with E-state index in [4.69, 9.17) is 28.9 Å². The molecule has 0 saturated carbocycles. The van der Waals surface area contributed by atoms with E-state index in [-0.39, 0.29) is 0 Å². The number of nitrogens with zero attached hydrogens (tertiary/aromatic N) is 4. The number of halogens is 1. The van der Waals surface area contributed by atoms with E-state index in [1.54, 1.807) is 0 Å². The minimum absolute atomic E-state index is 0.714. The Morgan fingerprint density at radius 2 is 1.89 bits per heavy atom. The van der Waals surface area contributed by atoms with Gasteiger partial charge < -0.3 is 0 Å². The Hall–Kier alpha value is -1.95. The number of para-hydroxylation sites is 1. The van der Waals surface area contributed by atoms with Crippen LogP contribution >= 0.6 is 23.8 Å². The second kappa shape index (κ2) is 8.19. The summed E-state index contributed by atoms with van der Waals surface area (Å²) in [4.78, 5) is 2.45. The van der Waals surface area contributed by atoms with Gasteiger partial charge in [-0.25, -0.2) is 4.68 Å². The van der Waals surface area contributed by atoms with Gasteiger partial charge in [-0.1, -0.05) is 36.7 Å². The molecule has 1 aliphatic rings. The monoisotopic (exact) mass is 412 g/mol. The van der Waals surface area contributed by atoms with E-state index in [9.17, 15) is 0 Å². The van der Waals surface area contributed by atoms with Crippen LogP contribution in [0.4, 0.5) is 0 Å². The van der Waals surface area contributed by atoms with E-state index >= 15 is 0 Å². The fourth-order valence-corrected chi connectivity index (χ4v) is 4.33. The average molecular weight is 413 g/mol. The molecule has 4 rings (SSSR count). The maximum atomic E-state index is 6.10. The van der Waals surface area contributed by atoms with Crippen molar-refractivity contribution in [1.82, 2.24) is 19.2 Å². The molecule has 1 fully saturated rings. The molecule has 0 amide bonds. The summed E-state index contributed by atoms with van der Waals surface area (Å²) in [5.74, 6) is 1.57.